The largest absolute Gasteiger partial charge is 0.350 e. The van der Waals surface area contributed by atoms with Crippen LogP contribution in [-0.2, 0) is 30.6 Å². The second-order valence-electron chi connectivity index (χ2n) is 9.34. The highest BCUT2D eigenvalue weighted by Gasteiger charge is 2.15. The van der Waals surface area contributed by atoms with Crippen molar-refractivity contribution in [1.82, 2.24) is 15.4 Å². The van der Waals surface area contributed by atoms with Gasteiger partial charge in [-0.3, -0.25) is 4.79 Å². The highest BCUT2D eigenvalue weighted by atomic mass is 32.2. The van der Waals surface area contributed by atoms with Gasteiger partial charge in [-0.1, -0.05) is 42.5 Å². The summed E-state index contributed by atoms with van der Waals surface area (Å²) in [6.45, 7) is 0.654. The number of H-pyrrole nitrogens is 1. The number of fused-ring (bicyclic) bond motifs is 1. The Morgan fingerprint density at radius 3 is 2.55 bits per heavy atom. The van der Waals surface area contributed by atoms with Crippen LogP contribution in [0.4, 0.5) is 0 Å². The zero-order valence-electron chi connectivity index (χ0n) is 21.0. The Morgan fingerprint density at radius 2 is 1.84 bits per heavy atom. The van der Waals surface area contributed by atoms with Gasteiger partial charge < -0.3 is 9.72 Å². The van der Waals surface area contributed by atoms with Crippen molar-refractivity contribution in [3.8, 4) is 11.1 Å². The van der Waals surface area contributed by atoms with Gasteiger partial charge >= 0.3 is 0 Å². The van der Waals surface area contributed by atoms with Gasteiger partial charge in [-0.05, 0) is 65.4 Å². The number of hydrogen-bond acceptors (Lipinski definition) is 6. The molecule has 0 saturated carbocycles. The van der Waals surface area contributed by atoms with Gasteiger partial charge in [-0.2, -0.15) is 0 Å². The summed E-state index contributed by atoms with van der Waals surface area (Å²) in [6, 6.07) is 20.7. The summed E-state index contributed by atoms with van der Waals surface area (Å²) < 4.78 is 28.9. The molecule has 2 heterocycles. The minimum Gasteiger partial charge on any atom is -0.350 e. The molecule has 1 amide bonds. The molecule has 0 spiro atoms. The Kier molecular flexibility index (Phi) is 7.69. The maximum atomic E-state index is 12.0. The molecule has 1 unspecified atom stereocenters. The zero-order valence-corrected chi connectivity index (χ0v) is 21.8. The molecule has 1 aliphatic rings. The lowest BCUT2D eigenvalue weighted by Gasteiger charge is -2.21. The van der Waals surface area contributed by atoms with Crippen molar-refractivity contribution >= 4 is 32.9 Å². The van der Waals surface area contributed by atoms with Gasteiger partial charge in [0.1, 0.15) is 5.82 Å². The number of benzene rings is 3. The van der Waals surface area contributed by atoms with Crippen LogP contribution in [0.2, 0.25) is 0 Å². The first-order valence-electron chi connectivity index (χ1n) is 12.5. The number of nitrogens with zero attached hydrogens (tertiary/aromatic N) is 1. The van der Waals surface area contributed by atoms with E-state index in [9.17, 15) is 13.2 Å². The number of carbonyl (C=O) groups excluding carboxylic acids is 1. The third-order valence-corrected chi connectivity index (χ3v) is 7.48. The monoisotopic (exact) mass is 531 g/mol. The van der Waals surface area contributed by atoms with Gasteiger partial charge in [0.05, 0.1) is 15.9 Å². The van der Waals surface area contributed by atoms with E-state index < -0.39 is 9.84 Å². The van der Waals surface area contributed by atoms with Crippen molar-refractivity contribution in [1.29, 1.82) is 0 Å². The average molecular weight is 532 g/mol. The van der Waals surface area contributed by atoms with Crippen LogP contribution >= 0.6 is 0 Å². The van der Waals surface area contributed by atoms with Crippen molar-refractivity contribution in [2.75, 3.05) is 12.9 Å². The molecule has 2 N–H and O–H groups in total. The number of aromatic amines is 1. The van der Waals surface area contributed by atoms with Crippen LogP contribution in [0.25, 0.3) is 28.2 Å². The van der Waals surface area contributed by atoms with Crippen molar-refractivity contribution in [3.05, 3.63) is 89.8 Å². The van der Waals surface area contributed by atoms with Crippen LogP contribution in [0.3, 0.4) is 0 Å². The van der Waals surface area contributed by atoms with Crippen LogP contribution in [0.5, 0.6) is 0 Å². The van der Waals surface area contributed by atoms with Gasteiger partial charge in [0, 0.05) is 31.8 Å². The molecule has 4 aromatic rings. The Hall–Kier alpha value is -3.79. The highest BCUT2D eigenvalue weighted by molar-refractivity contribution is 7.90. The van der Waals surface area contributed by atoms with Crippen LogP contribution in [0.1, 0.15) is 36.2 Å². The predicted octanol–water partition coefficient (Wildman–Crippen LogP) is 4.81. The normalized spacial score (nSPS) is 16.2. The van der Waals surface area contributed by atoms with Gasteiger partial charge in [-0.25, -0.2) is 23.7 Å². The molecule has 1 fully saturated rings. The number of nitrogens with one attached hydrogen (secondary N) is 2. The first-order chi connectivity index (χ1) is 18.3. The lowest BCUT2D eigenvalue weighted by atomic mass is 10.1. The first kappa shape index (κ1) is 25.8. The molecule has 0 bridgehead atoms. The third-order valence-electron chi connectivity index (χ3n) is 6.35. The van der Waals surface area contributed by atoms with Gasteiger partial charge in [0.25, 0.3) is 5.91 Å². The molecular weight excluding hydrogens is 502 g/mol. The standard InChI is InChI=1S/C29H29N3O5S/c1-38(34,35)24-13-10-22(11-14-24)23-12-15-25-26(19-23)31-27(30-25)18-21-7-5-20(6-8-21)9-16-28(33)32-37-29-4-2-3-17-36-29/h5-16,19,29H,2-4,17-18H2,1H3,(H,30,31)(H,32,33)/b16-9+. The third kappa shape index (κ3) is 6.55. The smallest absolute Gasteiger partial charge is 0.267 e. The Morgan fingerprint density at radius 1 is 1.08 bits per heavy atom. The predicted molar refractivity (Wildman–Crippen MR) is 146 cm³/mol. The van der Waals surface area contributed by atoms with Crippen molar-refractivity contribution in [3.63, 3.8) is 0 Å². The molecule has 0 radical (unpaired) electrons. The number of hydrogen-bond donors (Lipinski definition) is 2. The van der Waals surface area contributed by atoms with Crippen molar-refractivity contribution in [2.24, 2.45) is 0 Å². The molecule has 0 aliphatic carbocycles. The fraction of sp³-hybridized carbons (Fsp3) is 0.241. The second-order valence-corrected chi connectivity index (χ2v) is 11.4. The fourth-order valence-corrected chi connectivity index (χ4v) is 4.92. The van der Waals surface area contributed by atoms with E-state index in [-0.39, 0.29) is 12.2 Å². The number of hydroxylamine groups is 1. The number of imidazole rings is 1. The van der Waals surface area contributed by atoms with Crippen LogP contribution in [0.15, 0.2) is 77.7 Å². The maximum Gasteiger partial charge on any atom is 0.267 e. The Bertz CT molecular complexity index is 1550. The summed E-state index contributed by atoms with van der Waals surface area (Å²) in [7, 11) is -3.23. The van der Waals surface area contributed by atoms with E-state index in [1.54, 1.807) is 18.2 Å². The van der Waals surface area contributed by atoms with E-state index in [4.69, 9.17) is 14.6 Å². The summed E-state index contributed by atoms with van der Waals surface area (Å²) in [5.41, 5.74) is 8.08. The van der Waals surface area contributed by atoms with Crippen LogP contribution in [0, 0.1) is 0 Å². The molecule has 1 aliphatic heterocycles. The van der Waals surface area contributed by atoms with E-state index in [2.05, 4.69) is 10.5 Å². The SMILES string of the molecule is CS(=O)(=O)c1ccc(-c2ccc3nc(Cc4ccc(/C=C/C(=O)NOC5CCCCO5)cc4)[nH]c3c2)cc1. The molecule has 8 nitrogen and oxygen atoms in total. The van der Waals surface area contributed by atoms with E-state index in [0.717, 1.165) is 58.4 Å². The molecule has 9 heteroatoms. The Balaban J connectivity index is 1.20. The molecule has 196 valence electrons. The molecule has 38 heavy (non-hydrogen) atoms. The lowest BCUT2D eigenvalue weighted by Crippen LogP contribution is -2.32. The Labute approximate surface area is 221 Å². The number of carbonyl (C=O) groups is 1. The number of rotatable bonds is 8. The molecule has 1 saturated heterocycles. The summed E-state index contributed by atoms with van der Waals surface area (Å²) in [6.07, 6.45) is 7.45. The van der Waals surface area contributed by atoms with E-state index in [1.165, 1.54) is 12.3 Å². The van der Waals surface area contributed by atoms with Crippen molar-refractivity contribution < 1.29 is 22.8 Å². The van der Waals surface area contributed by atoms with Crippen LogP contribution in [-0.4, -0.2) is 43.4 Å². The quantitative estimate of drug-likeness (QED) is 0.249. The number of aromatic nitrogens is 2. The van der Waals surface area contributed by atoms with E-state index >= 15 is 0 Å². The van der Waals surface area contributed by atoms with Gasteiger partial charge in [-0.15, -0.1) is 0 Å². The zero-order chi connectivity index (χ0) is 26.5. The highest BCUT2D eigenvalue weighted by Crippen LogP contribution is 2.25. The lowest BCUT2D eigenvalue weighted by molar-refractivity contribution is -0.198. The average Bonchev–Trinajstić information content (AvgIpc) is 3.33. The number of ether oxygens (including phenoxy) is 1. The maximum absolute atomic E-state index is 12.0. The minimum atomic E-state index is -3.23. The fourth-order valence-electron chi connectivity index (χ4n) is 4.29. The van der Waals surface area contributed by atoms with Gasteiger partial charge in [0.2, 0.25) is 0 Å². The molecular formula is C29H29N3O5S. The van der Waals surface area contributed by atoms with Gasteiger partial charge in [0.15, 0.2) is 16.1 Å². The molecule has 5 rings (SSSR count). The molecule has 1 atom stereocenters. The van der Waals surface area contributed by atoms with Crippen molar-refractivity contribution in [2.45, 2.75) is 36.9 Å². The summed E-state index contributed by atoms with van der Waals surface area (Å²) >= 11 is 0. The molecule has 3 aromatic carbocycles. The molecule has 1 aromatic heterocycles. The van der Waals surface area contributed by atoms with E-state index in [1.807, 2.05) is 54.6 Å². The first-order valence-corrected chi connectivity index (χ1v) is 14.4. The number of sulfone groups is 1. The van der Waals surface area contributed by atoms with E-state index in [0.29, 0.717) is 17.9 Å². The summed E-state index contributed by atoms with van der Waals surface area (Å²) in [5.74, 6) is 0.505. The summed E-state index contributed by atoms with van der Waals surface area (Å²) in [4.78, 5) is 25.7. The second kappa shape index (κ2) is 11.3. The minimum absolute atomic E-state index is 0.301. The summed E-state index contributed by atoms with van der Waals surface area (Å²) in [5, 5.41) is 0. The topological polar surface area (TPSA) is 110 Å². The number of amides is 1. The van der Waals surface area contributed by atoms with Crippen LogP contribution < -0.4 is 5.48 Å².